The average molecular weight is 773 g/mol. The monoisotopic (exact) mass is 772 g/mol. The summed E-state index contributed by atoms with van der Waals surface area (Å²) in [5.74, 6) is 0.234. The van der Waals surface area contributed by atoms with Crippen molar-refractivity contribution in [2.75, 3.05) is 4.90 Å². The van der Waals surface area contributed by atoms with Gasteiger partial charge in [-0.05, 0) is 83.9 Å². The number of thiophene rings is 1. The molecule has 59 heavy (non-hydrogen) atoms. The van der Waals surface area contributed by atoms with Gasteiger partial charge in [-0.15, -0.1) is 11.3 Å². The summed E-state index contributed by atoms with van der Waals surface area (Å²) in [5.41, 5.74) is 13.5. The van der Waals surface area contributed by atoms with E-state index in [1.54, 1.807) is 0 Å². The summed E-state index contributed by atoms with van der Waals surface area (Å²) in [6.07, 6.45) is 9.23. The lowest BCUT2D eigenvalue weighted by Gasteiger charge is -2.29. The second-order valence-corrected chi connectivity index (χ2v) is 17.0. The van der Waals surface area contributed by atoms with E-state index in [1.807, 2.05) is 35.6 Å². The van der Waals surface area contributed by atoms with Gasteiger partial charge in [-0.3, -0.25) is 0 Å². The predicted molar refractivity (Wildman–Crippen MR) is 247 cm³/mol. The van der Waals surface area contributed by atoms with E-state index in [0.717, 1.165) is 49.6 Å². The Balaban J connectivity index is 0.952. The van der Waals surface area contributed by atoms with Crippen molar-refractivity contribution in [3.05, 3.63) is 188 Å². The zero-order chi connectivity index (χ0) is 38.3. The number of fused-ring (bicyclic) bond motifs is 17. The van der Waals surface area contributed by atoms with Crippen LogP contribution in [-0.4, -0.2) is 10.6 Å². The number of anilines is 2. The fraction of sp³-hybridized carbons (Fsp3) is 0.0370. The standard InChI is InChI=1S/C54H32N2O2S/c1-5-16-43-39(14-1)51-45(55(43)33-11-9-10-31(28-33)32-20-26-49-41(29-32)35-12-3-7-18-47(35)57-49)24-22-37-38-23-25-46-52(54(38)59-53(37)51)40-15-2-6-17-44(40)56(46)34-21-27-50-42(30-34)36-13-4-8-19-48(36)58-50/h1-30,39,43H. The molecule has 0 saturated carbocycles. The van der Waals surface area contributed by atoms with Gasteiger partial charge in [0.15, 0.2) is 0 Å². The van der Waals surface area contributed by atoms with Crippen molar-refractivity contribution in [2.24, 2.45) is 0 Å². The van der Waals surface area contributed by atoms with Gasteiger partial charge in [-0.25, -0.2) is 0 Å². The fourth-order valence-electron chi connectivity index (χ4n) is 10.3. The number of aromatic nitrogens is 1. The van der Waals surface area contributed by atoms with Gasteiger partial charge in [-0.2, -0.15) is 0 Å². The molecule has 1 aliphatic carbocycles. The van der Waals surface area contributed by atoms with Gasteiger partial charge in [0.05, 0.1) is 17.1 Å². The average Bonchev–Trinajstić information content (AvgIpc) is 4.10. The Morgan fingerprint density at radius 2 is 1.12 bits per heavy atom. The fourth-order valence-corrected chi connectivity index (χ4v) is 11.8. The molecule has 8 aromatic carbocycles. The number of benzene rings is 8. The van der Waals surface area contributed by atoms with Crippen LogP contribution >= 0.6 is 11.3 Å². The molecule has 12 aromatic rings. The molecule has 2 aliphatic rings. The Morgan fingerprint density at radius 1 is 0.441 bits per heavy atom. The van der Waals surface area contributed by atoms with E-state index in [2.05, 4.69) is 167 Å². The smallest absolute Gasteiger partial charge is 0.135 e. The number of furan rings is 2. The number of nitrogens with zero attached hydrogens (tertiary/aromatic N) is 2. The lowest BCUT2D eigenvalue weighted by molar-refractivity contribution is 0.668. The molecule has 5 heterocycles. The Morgan fingerprint density at radius 3 is 1.97 bits per heavy atom. The maximum atomic E-state index is 6.23. The van der Waals surface area contributed by atoms with E-state index in [-0.39, 0.29) is 12.0 Å². The van der Waals surface area contributed by atoms with Gasteiger partial charge in [0.1, 0.15) is 22.3 Å². The molecule has 2 atom stereocenters. The van der Waals surface area contributed by atoms with E-state index in [0.29, 0.717) is 0 Å². The quantitative estimate of drug-likeness (QED) is 0.179. The predicted octanol–water partition coefficient (Wildman–Crippen LogP) is 15.3. The number of hydrogen-bond acceptors (Lipinski definition) is 4. The van der Waals surface area contributed by atoms with Crippen LogP contribution in [0.2, 0.25) is 0 Å². The molecule has 0 saturated heterocycles. The summed E-state index contributed by atoms with van der Waals surface area (Å²) in [6.45, 7) is 0. The first-order chi connectivity index (χ1) is 29.2. The normalized spacial score (nSPS) is 16.3. The van der Waals surface area contributed by atoms with Gasteiger partial charge in [0, 0.05) is 81.0 Å². The summed E-state index contributed by atoms with van der Waals surface area (Å²) < 4.78 is 17.5. The van der Waals surface area contributed by atoms with Crippen molar-refractivity contribution in [3.63, 3.8) is 0 Å². The second-order valence-electron chi connectivity index (χ2n) is 16.0. The van der Waals surface area contributed by atoms with Crippen molar-refractivity contribution >= 4 is 109 Å². The van der Waals surface area contributed by atoms with Crippen molar-refractivity contribution in [3.8, 4) is 16.8 Å². The minimum atomic E-state index is 0.178. The van der Waals surface area contributed by atoms with Crippen LogP contribution in [0.15, 0.2) is 191 Å². The van der Waals surface area contributed by atoms with Crippen molar-refractivity contribution in [1.82, 2.24) is 4.57 Å². The zero-order valence-electron chi connectivity index (χ0n) is 31.6. The third-order valence-electron chi connectivity index (χ3n) is 12.9. The Labute approximate surface area is 341 Å². The summed E-state index contributed by atoms with van der Waals surface area (Å²) >= 11 is 1.96. The largest absolute Gasteiger partial charge is 0.456 e. The molecule has 0 spiro atoms. The van der Waals surface area contributed by atoms with Crippen LogP contribution < -0.4 is 4.90 Å². The van der Waals surface area contributed by atoms with Gasteiger partial charge in [-0.1, -0.05) is 109 Å². The van der Waals surface area contributed by atoms with Gasteiger partial charge >= 0.3 is 0 Å². The summed E-state index contributed by atoms with van der Waals surface area (Å²) in [4.78, 5) is 2.57. The second kappa shape index (κ2) is 11.6. The molecule has 0 amide bonds. The molecule has 5 heteroatoms. The summed E-state index contributed by atoms with van der Waals surface area (Å²) in [6, 6.07) is 57.4. The lowest BCUT2D eigenvalue weighted by Crippen LogP contribution is -2.28. The van der Waals surface area contributed by atoms with E-state index >= 15 is 0 Å². The highest BCUT2D eigenvalue weighted by Gasteiger charge is 2.39. The van der Waals surface area contributed by atoms with Crippen molar-refractivity contribution < 1.29 is 8.83 Å². The Bertz CT molecular complexity index is 3830. The number of allylic oxidation sites excluding steroid dienone is 2. The van der Waals surface area contributed by atoms with E-state index in [9.17, 15) is 0 Å². The van der Waals surface area contributed by atoms with Crippen molar-refractivity contribution in [2.45, 2.75) is 12.0 Å². The molecule has 0 bridgehead atoms. The summed E-state index contributed by atoms with van der Waals surface area (Å²) in [7, 11) is 0. The van der Waals surface area contributed by atoms with Crippen LogP contribution in [0, 0.1) is 0 Å². The maximum Gasteiger partial charge on any atom is 0.135 e. The molecule has 14 rings (SSSR count). The highest BCUT2D eigenvalue weighted by atomic mass is 32.1. The first kappa shape index (κ1) is 31.7. The number of para-hydroxylation sites is 3. The Hall–Kier alpha value is -7.34. The van der Waals surface area contributed by atoms with Crippen LogP contribution in [0.1, 0.15) is 11.5 Å². The van der Waals surface area contributed by atoms with Gasteiger partial charge < -0.3 is 18.3 Å². The highest BCUT2D eigenvalue weighted by molar-refractivity contribution is 7.27. The topological polar surface area (TPSA) is 34.5 Å². The molecular formula is C54H32N2O2S. The third-order valence-corrected chi connectivity index (χ3v) is 14.2. The van der Waals surface area contributed by atoms with Gasteiger partial charge in [0.25, 0.3) is 0 Å². The molecule has 4 nitrogen and oxygen atoms in total. The number of rotatable bonds is 3. The molecule has 0 radical (unpaired) electrons. The maximum absolute atomic E-state index is 6.23. The highest BCUT2D eigenvalue weighted by Crippen LogP contribution is 2.54. The van der Waals surface area contributed by atoms with Crippen LogP contribution in [0.25, 0.3) is 103 Å². The van der Waals surface area contributed by atoms with Gasteiger partial charge in [0.2, 0.25) is 0 Å². The Kier molecular flexibility index (Phi) is 6.25. The molecule has 4 aromatic heterocycles. The molecule has 0 fully saturated rings. The number of hydrogen-bond donors (Lipinski definition) is 0. The molecule has 0 N–H and O–H groups in total. The minimum Gasteiger partial charge on any atom is -0.456 e. The first-order valence-electron chi connectivity index (χ1n) is 20.2. The van der Waals surface area contributed by atoms with Crippen LogP contribution in [0.4, 0.5) is 11.4 Å². The SMILES string of the molecule is C1=CC2c3c(ccc4c3sc3c4ccc4c3c3ccccc3n4-c3ccc4oc5ccccc5c4c3)N(c3cccc(-c4ccc5oc6ccccc6c5c4)c3)C2C=C1. The van der Waals surface area contributed by atoms with Crippen LogP contribution in [0.5, 0.6) is 0 Å². The third kappa shape index (κ3) is 4.32. The first-order valence-corrected chi connectivity index (χ1v) is 21.1. The van der Waals surface area contributed by atoms with E-state index in [4.69, 9.17) is 8.83 Å². The minimum absolute atomic E-state index is 0.178. The molecule has 276 valence electrons. The molecule has 2 unspecified atom stereocenters. The lowest BCUT2D eigenvalue weighted by atomic mass is 9.90. The van der Waals surface area contributed by atoms with Crippen LogP contribution in [0.3, 0.4) is 0 Å². The van der Waals surface area contributed by atoms with Crippen molar-refractivity contribution in [1.29, 1.82) is 0 Å². The van der Waals surface area contributed by atoms with E-state index in [1.165, 1.54) is 70.0 Å². The molecule has 1 aliphatic heterocycles. The van der Waals surface area contributed by atoms with E-state index < -0.39 is 0 Å². The zero-order valence-corrected chi connectivity index (χ0v) is 32.4. The molecular weight excluding hydrogens is 741 g/mol. The summed E-state index contributed by atoms with van der Waals surface area (Å²) in [5, 5.41) is 9.79. The van der Waals surface area contributed by atoms with Crippen LogP contribution in [-0.2, 0) is 0 Å².